The van der Waals surface area contributed by atoms with Gasteiger partial charge in [0.15, 0.2) is 0 Å². The normalized spacial score (nSPS) is 10.5. The van der Waals surface area contributed by atoms with Crippen molar-refractivity contribution in [2.24, 2.45) is 0 Å². The zero-order chi connectivity index (χ0) is 13.2. The van der Waals surface area contributed by atoms with Gasteiger partial charge in [0.2, 0.25) is 0 Å². The molecule has 2 aromatic carbocycles. The van der Waals surface area contributed by atoms with E-state index in [1.807, 2.05) is 47.2 Å². The summed E-state index contributed by atoms with van der Waals surface area (Å²) in [6, 6.07) is 16.7. The first-order valence-corrected chi connectivity index (χ1v) is 6.01. The molecule has 0 N–H and O–H groups in total. The second-order valence-electron chi connectivity index (χ2n) is 4.39. The highest BCUT2D eigenvalue weighted by Gasteiger charge is 2.09. The van der Waals surface area contributed by atoms with Crippen LogP contribution in [0.2, 0.25) is 0 Å². The lowest BCUT2D eigenvalue weighted by molar-refractivity contribution is 0.598. The number of fused-ring (bicyclic) bond motifs is 1. The van der Waals surface area contributed by atoms with Crippen LogP contribution >= 0.6 is 0 Å². The number of aromatic nitrogens is 1. The summed E-state index contributed by atoms with van der Waals surface area (Å²) in [5.74, 6) is -0.428. The molecule has 3 aromatic rings. The molecule has 0 aliphatic heterocycles. The molecule has 1 aromatic heterocycles. The predicted molar refractivity (Wildman–Crippen MR) is 72.2 cm³/mol. The molecule has 0 saturated heterocycles. The summed E-state index contributed by atoms with van der Waals surface area (Å²) in [7, 11) is 0. The van der Waals surface area contributed by atoms with Crippen LogP contribution in [0.5, 0.6) is 0 Å². The van der Waals surface area contributed by atoms with E-state index in [1.54, 1.807) is 12.1 Å². The Kier molecular flexibility index (Phi) is 2.77. The van der Waals surface area contributed by atoms with Crippen LogP contribution in [0.1, 0.15) is 11.1 Å². The summed E-state index contributed by atoms with van der Waals surface area (Å²) >= 11 is 0. The lowest BCUT2D eigenvalue weighted by atomic mass is 10.1. The van der Waals surface area contributed by atoms with Crippen molar-refractivity contribution in [3.8, 4) is 6.07 Å². The van der Waals surface area contributed by atoms with Gasteiger partial charge >= 0.3 is 0 Å². The van der Waals surface area contributed by atoms with Crippen molar-refractivity contribution in [3.63, 3.8) is 0 Å². The number of hydrogen-bond acceptors (Lipinski definition) is 1. The van der Waals surface area contributed by atoms with Crippen LogP contribution in [0.25, 0.3) is 10.9 Å². The van der Waals surface area contributed by atoms with Crippen molar-refractivity contribution in [1.82, 2.24) is 4.57 Å². The van der Waals surface area contributed by atoms with Gasteiger partial charge in [0.05, 0.1) is 12.1 Å². The molecule has 1 heterocycles. The van der Waals surface area contributed by atoms with Crippen LogP contribution in [-0.4, -0.2) is 4.57 Å². The number of rotatable bonds is 2. The zero-order valence-electron chi connectivity index (χ0n) is 10.2. The quantitative estimate of drug-likeness (QED) is 0.681. The summed E-state index contributed by atoms with van der Waals surface area (Å²) < 4.78 is 16.0. The number of nitriles is 1. The van der Waals surface area contributed by atoms with E-state index >= 15 is 0 Å². The second kappa shape index (κ2) is 4.58. The summed E-state index contributed by atoms with van der Waals surface area (Å²) in [4.78, 5) is 0. The molecule has 3 rings (SSSR count). The topological polar surface area (TPSA) is 28.7 Å². The molecule has 0 fully saturated rings. The molecule has 0 aliphatic carbocycles. The molecular formula is C16H11FN2. The maximum Gasteiger partial charge on any atom is 0.145 e. The maximum absolute atomic E-state index is 14.0. The first-order valence-electron chi connectivity index (χ1n) is 6.01. The minimum absolute atomic E-state index is 0.0916. The minimum Gasteiger partial charge on any atom is -0.343 e. The van der Waals surface area contributed by atoms with Crippen molar-refractivity contribution in [3.05, 3.63) is 71.7 Å². The summed E-state index contributed by atoms with van der Waals surface area (Å²) in [6.07, 6.45) is 1.93. The Balaban J connectivity index is 2.05. The Morgan fingerprint density at radius 1 is 1.05 bits per heavy atom. The smallest absolute Gasteiger partial charge is 0.145 e. The van der Waals surface area contributed by atoms with E-state index in [0.717, 1.165) is 10.9 Å². The molecule has 0 bridgehead atoms. The molecule has 0 amide bonds. The number of hydrogen-bond donors (Lipinski definition) is 0. The highest BCUT2D eigenvalue weighted by molar-refractivity contribution is 5.80. The van der Waals surface area contributed by atoms with E-state index in [4.69, 9.17) is 5.26 Å². The van der Waals surface area contributed by atoms with E-state index in [9.17, 15) is 4.39 Å². The average Bonchev–Trinajstić information content (AvgIpc) is 2.85. The molecule has 92 valence electrons. The van der Waals surface area contributed by atoms with Gasteiger partial charge in [0.25, 0.3) is 0 Å². The zero-order valence-corrected chi connectivity index (χ0v) is 10.2. The summed E-state index contributed by atoms with van der Waals surface area (Å²) in [5, 5.41) is 9.97. The van der Waals surface area contributed by atoms with E-state index in [1.165, 1.54) is 6.07 Å². The average molecular weight is 250 g/mol. The van der Waals surface area contributed by atoms with Gasteiger partial charge in [-0.2, -0.15) is 5.26 Å². The van der Waals surface area contributed by atoms with Crippen molar-refractivity contribution in [2.45, 2.75) is 6.54 Å². The van der Waals surface area contributed by atoms with Gasteiger partial charge in [0.1, 0.15) is 11.9 Å². The lowest BCUT2D eigenvalue weighted by Gasteiger charge is -2.07. The fraction of sp³-hybridized carbons (Fsp3) is 0.0625. The Morgan fingerprint density at radius 3 is 2.74 bits per heavy atom. The van der Waals surface area contributed by atoms with Crippen LogP contribution in [0.15, 0.2) is 54.7 Å². The Hall–Kier alpha value is -2.60. The highest BCUT2D eigenvalue weighted by Crippen LogP contribution is 2.19. The van der Waals surface area contributed by atoms with E-state index < -0.39 is 5.82 Å². The van der Waals surface area contributed by atoms with Crippen LogP contribution in [-0.2, 0) is 6.54 Å². The van der Waals surface area contributed by atoms with E-state index in [-0.39, 0.29) is 5.56 Å². The molecule has 0 aliphatic rings. The van der Waals surface area contributed by atoms with Crippen LogP contribution < -0.4 is 0 Å². The Morgan fingerprint density at radius 2 is 1.89 bits per heavy atom. The fourth-order valence-corrected chi connectivity index (χ4v) is 2.25. The van der Waals surface area contributed by atoms with Crippen LogP contribution in [0, 0.1) is 17.1 Å². The molecule has 2 nitrogen and oxygen atoms in total. The first-order chi connectivity index (χ1) is 9.29. The van der Waals surface area contributed by atoms with Crippen molar-refractivity contribution in [2.75, 3.05) is 0 Å². The van der Waals surface area contributed by atoms with Gasteiger partial charge in [0, 0.05) is 17.3 Å². The van der Waals surface area contributed by atoms with E-state index in [2.05, 4.69) is 0 Å². The highest BCUT2D eigenvalue weighted by atomic mass is 19.1. The van der Waals surface area contributed by atoms with Gasteiger partial charge in [-0.05, 0) is 23.6 Å². The van der Waals surface area contributed by atoms with Crippen molar-refractivity contribution in [1.29, 1.82) is 5.26 Å². The molecular weight excluding hydrogens is 239 g/mol. The monoisotopic (exact) mass is 250 g/mol. The van der Waals surface area contributed by atoms with Crippen LogP contribution in [0.3, 0.4) is 0 Å². The SMILES string of the molecule is N#Cc1cccc(Cn2ccc3ccccc32)c1F. The summed E-state index contributed by atoms with van der Waals surface area (Å²) in [5.41, 5.74) is 1.68. The van der Waals surface area contributed by atoms with Crippen molar-refractivity contribution < 1.29 is 4.39 Å². The number of benzene rings is 2. The fourth-order valence-electron chi connectivity index (χ4n) is 2.25. The predicted octanol–water partition coefficient (Wildman–Crippen LogP) is 3.70. The van der Waals surface area contributed by atoms with E-state index in [0.29, 0.717) is 12.1 Å². The van der Waals surface area contributed by atoms with Crippen molar-refractivity contribution >= 4 is 10.9 Å². The molecule has 0 unspecified atom stereocenters. The molecule has 0 spiro atoms. The Bertz CT molecular complexity index is 781. The summed E-state index contributed by atoms with van der Waals surface area (Å²) in [6.45, 7) is 0.425. The first kappa shape index (κ1) is 11.5. The molecule has 19 heavy (non-hydrogen) atoms. The third kappa shape index (κ3) is 1.98. The number of para-hydroxylation sites is 1. The molecule has 0 atom stereocenters. The molecule has 0 radical (unpaired) electrons. The lowest BCUT2D eigenvalue weighted by Crippen LogP contribution is -2.01. The Labute approximate surface area is 110 Å². The number of halogens is 1. The third-order valence-corrected chi connectivity index (χ3v) is 3.22. The largest absolute Gasteiger partial charge is 0.343 e. The standard InChI is InChI=1S/C16H11FN2/c17-16-13(10-18)5-3-6-14(16)11-19-9-8-12-4-1-2-7-15(12)19/h1-9H,11H2. The third-order valence-electron chi connectivity index (χ3n) is 3.22. The second-order valence-corrected chi connectivity index (χ2v) is 4.39. The van der Waals surface area contributed by atoms with Gasteiger partial charge < -0.3 is 4.57 Å². The molecule has 0 saturated carbocycles. The number of nitrogens with zero attached hydrogens (tertiary/aromatic N) is 2. The minimum atomic E-state index is -0.428. The molecule has 3 heteroatoms. The van der Waals surface area contributed by atoms with Crippen LogP contribution in [0.4, 0.5) is 4.39 Å². The van der Waals surface area contributed by atoms with Gasteiger partial charge in [-0.25, -0.2) is 4.39 Å². The van der Waals surface area contributed by atoms with Gasteiger partial charge in [-0.3, -0.25) is 0 Å². The van der Waals surface area contributed by atoms with Gasteiger partial charge in [-0.15, -0.1) is 0 Å². The van der Waals surface area contributed by atoms with Gasteiger partial charge in [-0.1, -0.05) is 30.3 Å². The maximum atomic E-state index is 14.0.